The fourth-order valence-corrected chi connectivity index (χ4v) is 2.60. The van der Waals surface area contributed by atoms with Gasteiger partial charge in [0.05, 0.1) is 23.7 Å². The number of aromatic nitrogens is 2. The number of hydrogen-bond acceptors (Lipinski definition) is 2. The molecule has 7 heteroatoms. The predicted octanol–water partition coefficient (Wildman–Crippen LogP) is 2.96. The molecule has 0 bridgehead atoms. The van der Waals surface area contributed by atoms with Gasteiger partial charge in [-0.25, -0.2) is 0 Å². The summed E-state index contributed by atoms with van der Waals surface area (Å²) in [5.41, 5.74) is -0.838. The van der Waals surface area contributed by atoms with Crippen molar-refractivity contribution >= 4 is 5.97 Å². The van der Waals surface area contributed by atoms with Crippen LogP contribution in [0.25, 0.3) is 0 Å². The number of halogens is 3. The summed E-state index contributed by atoms with van der Waals surface area (Å²) < 4.78 is 38.8. The number of carbonyl (C=O) groups is 1. The number of nitrogens with zero attached hydrogens (tertiary/aromatic N) is 2. The van der Waals surface area contributed by atoms with Gasteiger partial charge in [0.1, 0.15) is 0 Å². The molecule has 1 aliphatic rings. The topological polar surface area (TPSA) is 55.1 Å². The third-order valence-electron chi connectivity index (χ3n) is 3.66. The van der Waals surface area contributed by atoms with Gasteiger partial charge in [0, 0.05) is 6.20 Å². The Morgan fingerprint density at radius 1 is 1.47 bits per heavy atom. The zero-order valence-electron chi connectivity index (χ0n) is 10.4. The number of rotatable bonds is 2. The molecule has 0 aliphatic heterocycles. The van der Waals surface area contributed by atoms with Crippen molar-refractivity contribution in [1.29, 1.82) is 0 Å². The molecular formula is C12H15F3N2O2. The van der Waals surface area contributed by atoms with Gasteiger partial charge in [-0.2, -0.15) is 18.3 Å². The van der Waals surface area contributed by atoms with E-state index in [4.69, 9.17) is 5.11 Å². The van der Waals surface area contributed by atoms with Crippen LogP contribution in [0, 0.1) is 11.8 Å². The molecule has 106 valence electrons. The van der Waals surface area contributed by atoms with E-state index in [1.807, 2.05) is 6.92 Å². The molecule has 3 unspecified atom stereocenters. The Hall–Kier alpha value is -1.53. The summed E-state index contributed by atoms with van der Waals surface area (Å²) in [4.78, 5) is 11.2. The van der Waals surface area contributed by atoms with Crippen LogP contribution in [0.15, 0.2) is 12.4 Å². The second-order valence-corrected chi connectivity index (χ2v) is 5.14. The number of carboxylic acid groups (broad SMARTS) is 1. The van der Waals surface area contributed by atoms with Gasteiger partial charge in [0.15, 0.2) is 0 Å². The van der Waals surface area contributed by atoms with Crippen molar-refractivity contribution in [1.82, 2.24) is 9.78 Å². The molecule has 0 amide bonds. The zero-order valence-corrected chi connectivity index (χ0v) is 10.4. The fourth-order valence-electron chi connectivity index (χ4n) is 2.60. The van der Waals surface area contributed by atoms with Crippen LogP contribution in [0.3, 0.4) is 0 Å². The van der Waals surface area contributed by atoms with Crippen molar-refractivity contribution in [2.45, 2.75) is 38.4 Å². The maximum Gasteiger partial charge on any atom is 0.419 e. The van der Waals surface area contributed by atoms with E-state index in [9.17, 15) is 18.0 Å². The highest BCUT2D eigenvalue weighted by molar-refractivity contribution is 5.70. The molecule has 1 fully saturated rings. The number of alkyl halides is 3. The summed E-state index contributed by atoms with van der Waals surface area (Å²) in [5, 5.41) is 12.9. The van der Waals surface area contributed by atoms with Gasteiger partial charge in [-0.05, 0) is 25.2 Å². The second kappa shape index (κ2) is 4.86. The van der Waals surface area contributed by atoms with Crippen LogP contribution in [0.1, 0.15) is 37.8 Å². The number of aliphatic carboxylic acids is 1. The predicted molar refractivity (Wildman–Crippen MR) is 60.4 cm³/mol. The van der Waals surface area contributed by atoms with E-state index in [0.717, 1.165) is 23.5 Å². The van der Waals surface area contributed by atoms with Crippen LogP contribution in [-0.4, -0.2) is 20.9 Å². The van der Waals surface area contributed by atoms with Crippen LogP contribution in [-0.2, 0) is 11.0 Å². The minimum Gasteiger partial charge on any atom is -0.481 e. The van der Waals surface area contributed by atoms with Gasteiger partial charge in [0.25, 0.3) is 0 Å². The lowest BCUT2D eigenvalue weighted by Gasteiger charge is -2.32. The molecule has 1 heterocycles. The van der Waals surface area contributed by atoms with Gasteiger partial charge >= 0.3 is 12.1 Å². The van der Waals surface area contributed by atoms with E-state index in [2.05, 4.69) is 5.10 Å². The third kappa shape index (κ3) is 2.90. The third-order valence-corrected chi connectivity index (χ3v) is 3.66. The van der Waals surface area contributed by atoms with Crippen LogP contribution in [0.2, 0.25) is 0 Å². The van der Waals surface area contributed by atoms with Crippen molar-refractivity contribution in [2.75, 3.05) is 0 Å². The lowest BCUT2D eigenvalue weighted by Crippen LogP contribution is -2.32. The molecule has 2 rings (SSSR count). The molecule has 0 saturated heterocycles. The SMILES string of the molecule is CC1CCC(C(=O)O)C(n2cc(C(F)(F)F)cn2)C1. The van der Waals surface area contributed by atoms with Crippen molar-refractivity contribution in [3.05, 3.63) is 18.0 Å². The lowest BCUT2D eigenvalue weighted by atomic mass is 9.79. The molecule has 1 aromatic heterocycles. The van der Waals surface area contributed by atoms with Gasteiger partial charge in [-0.3, -0.25) is 9.48 Å². The number of carboxylic acids is 1. The quantitative estimate of drug-likeness (QED) is 0.903. The van der Waals surface area contributed by atoms with E-state index in [1.165, 1.54) is 0 Å². The molecule has 0 radical (unpaired) electrons. The van der Waals surface area contributed by atoms with Gasteiger partial charge < -0.3 is 5.11 Å². The summed E-state index contributed by atoms with van der Waals surface area (Å²) in [5.74, 6) is -1.35. The first-order valence-corrected chi connectivity index (χ1v) is 6.13. The summed E-state index contributed by atoms with van der Waals surface area (Å²) in [7, 11) is 0. The Bertz CT molecular complexity index is 470. The minimum absolute atomic E-state index is 0.291. The first-order valence-electron chi connectivity index (χ1n) is 6.13. The Labute approximate surface area is 108 Å². The van der Waals surface area contributed by atoms with Crippen molar-refractivity contribution in [2.24, 2.45) is 11.8 Å². The van der Waals surface area contributed by atoms with Crippen LogP contribution >= 0.6 is 0 Å². The summed E-state index contributed by atoms with van der Waals surface area (Å²) in [6, 6.07) is -0.502. The first-order chi connectivity index (χ1) is 8.79. The molecule has 1 N–H and O–H groups in total. The molecule has 1 saturated carbocycles. The van der Waals surface area contributed by atoms with Crippen molar-refractivity contribution in [3.63, 3.8) is 0 Å². The Kier molecular flexibility index (Phi) is 3.56. The summed E-state index contributed by atoms with van der Waals surface area (Å²) in [6.07, 6.45) is -1.01. The van der Waals surface area contributed by atoms with Crippen LogP contribution in [0.4, 0.5) is 13.2 Å². The van der Waals surface area contributed by atoms with E-state index in [0.29, 0.717) is 18.8 Å². The standard InChI is InChI=1S/C12H15F3N2O2/c1-7-2-3-9(11(18)19)10(4-7)17-6-8(5-16-17)12(13,14)15/h5-7,9-10H,2-4H2,1H3,(H,18,19). The number of hydrogen-bond donors (Lipinski definition) is 1. The monoisotopic (exact) mass is 276 g/mol. The van der Waals surface area contributed by atoms with Gasteiger partial charge in [-0.1, -0.05) is 6.92 Å². The lowest BCUT2D eigenvalue weighted by molar-refractivity contribution is -0.145. The fraction of sp³-hybridized carbons (Fsp3) is 0.667. The highest BCUT2D eigenvalue weighted by atomic mass is 19.4. The van der Waals surface area contributed by atoms with Crippen molar-refractivity contribution in [3.8, 4) is 0 Å². The maximum atomic E-state index is 12.5. The van der Waals surface area contributed by atoms with Crippen molar-refractivity contribution < 1.29 is 23.1 Å². The summed E-state index contributed by atoms with van der Waals surface area (Å²) in [6.45, 7) is 1.97. The molecule has 0 aromatic carbocycles. The molecule has 1 aliphatic carbocycles. The molecule has 1 aromatic rings. The molecule has 3 atom stereocenters. The smallest absolute Gasteiger partial charge is 0.419 e. The molecular weight excluding hydrogens is 261 g/mol. The second-order valence-electron chi connectivity index (χ2n) is 5.14. The Balaban J connectivity index is 2.26. The highest BCUT2D eigenvalue weighted by Crippen LogP contribution is 2.38. The highest BCUT2D eigenvalue weighted by Gasteiger charge is 2.37. The average molecular weight is 276 g/mol. The van der Waals surface area contributed by atoms with Crippen LogP contribution in [0.5, 0.6) is 0 Å². The molecule has 19 heavy (non-hydrogen) atoms. The van der Waals surface area contributed by atoms with E-state index in [-0.39, 0.29) is 0 Å². The maximum absolute atomic E-state index is 12.5. The van der Waals surface area contributed by atoms with Gasteiger partial charge in [-0.15, -0.1) is 0 Å². The Morgan fingerprint density at radius 3 is 2.68 bits per heavy atom. The Morgan fingerprint density at radius 2 is 2.16 bits per heavy atom. The largest absolute Gasteiger partial charge is 0.481 e. The minimum atomic E-state index is -4.45. The van der Waals surface area contributed by atoms with Crippen LogP contribution < -0.4 is 0 Å². The first kappa shape index (κ1) is 13.9. The zero-order chi connectivity index (χ0) is 14.2. The average Bonchev–Trinajstić information content (AvgIpc) is 2.77. The normalized spacial score (nSPS) is 28.3. The van der Waals surface area contributed by atoms with E-state index >= 15 is 0 Å². The van der Waals surface area contributed by atoms with E-state index in [1.54, 1.807) is 0 Å². The van der Waals surface area contributed by atoms with Gasteiger partial charge in [0.2, 0.25) is 0 Å². The molecule has 4 nitrogen and oxygen atoms in total. The van der Waals surface area contributed by atoms with E-state index < -0.39 is 29.7 Å². The molecule has 0 spiro atoms. The summed E-state index contributed by atoms with van der Waals surface area (Å²) >= 11 is 0.